The Morgan fingerprint density at radius 2 is 0.889 bits per heavy atom. The number of nitrogens with two attached hydrogens (primary N) is 2. The summed E-state index contributed by atoms with van der Waals surface area (Å²) < 4.78 is 0. The van der Waals surface area contributed by atoms with Crippen LogP contribution in [0.15, 0.2) is 97.3 Å². The molecule has 0 radical (unpaired) electrons. The van der Waals surface area contributed by atoms with Crippen molar-refractivity contribution in [1.82, 2.24) is 19.9 Å². The van der Waals surface area contributed by atoms with Gasteiger partial charge in [-0.3, -0.25) is 9.97 Å². The van der Waals surface area contributed by atoms with Crippen molar-refractivity contribution >= 4 is 55.2 Å². The van der Waals surface area contributed by atoms with Gasteiger partial charge in [-0.05, 0) is 133 Å². The minimum atomic E-state index is 0.0811. The van der Waals surface area contributed by atoms with Crippen molar-refractivity contribution in [3.05, 3.63) is 153 Å². The van der Waals surface area contributed by atoms with E-state index in [1.807, 2.05) is 24.5 Å². The van der Waals surface area contributed by atoms with Crippen LogP contribution in [0.1, 0.15) is 55.6 Å². The molecule has 0 atom stereocenters. The highest BCUT2D eigenvalue weighted by Gasteiger charge is 2.11. The van der Waals surface area contributed by atoms with Crippen LogP contribution in [0.5, 0.6) is 0 Å². The molecule has 4 aromatic carbocycles. The van der Waals surface area contributed by atoms with Gasteiger partial charge >= 0.3 is 0 Å². The Morgan fingerprint density at radius 1 is 0.463 bits per heavy atom. The second kappa shape index (κ2) is 15.6. The molecule has 8 heteroatoms. The molecule has 0 aliphatic heterocycles. The Hall–Kier alpha value is -5.96. The van der Waals surface area contributed by atoms with Crippen LogP contribution in [0.2, 0.25) is 0 Å². The third kappa shape index (κ3) is 7.71. The first kappa shape index (κ1) is 36.4. The quantitative estimate of drug-likeness (QED) is 0.115. The van der Waals surface area contributed by atoms with Crippen LogP contribution in [0.4, 0.5) is 11.6 Å². The van der Waals surface area contributed by atoms with Gasteiger partial charge in [0.25, 0.3) is 0 Å². The number of hydrogen-bond donors (Lipinski definition) is 4. The van der Waals surface area contributed by atoms with Crippen LogP contribution in [0.3, 0.4) is 0 Å². The average molecular weight is 715 g/mol. The van der Waals surface area contributed by atoms with Crippen LogP contribution < -0.4 is 11.5 Å². The van der Waals surface area contributed by atoms with Gasteiger partial charge in [0, 0.05) is 33.9 Å². The average Bonchev–Trinajstić information content (AvgIpc) is 3.16. The Kier molecular flexibility index (Phi) is 10.5. The molecular formula is C46H46N6O2. The third-order valence-electron chi connectivity index (χ3n) is 10.3. The molecule has 272 valence electrons. The maximum Gasteiger partial charge on any atom is 0.150 e. The molecule has 8 rings (SSSR count). The molecular weight excluding hydrogens is 669 g/mol. The first-order valence-electron chi connectivity index (χ1n) is 18.4. The zero-order valence-electron chi connectivity index (χ0n) is 31.3. The van der Waals surface area contributed by atoms with Gasteiger partial charge in [0.2, 0.25) is 0 Å². The van der Waals surface area contributed by atoms with Gasteiger partial charge < -0.3 is 21.7 Å². The lowest BCUT2D eigenvalue weighted by Crippen LogP contribution is -1.99. The van der Waals surface area contributed by atoms with Gasteiger partial charge in [-0.1, -0.05) is 60.7 Å². The number of nitrogens with zero attached hydrogens (tertiary/aromatic N) is 4. The molecule has 4 heterocycles. The normalized spacial score (nSPS) is 11.4. The van der Waals surface area contributed by atoms with Crippen LogP contribution in [-0.2, 0) is 38.9 Å². The number of anilines is 2. The minimum Gasteiger partial charge on any atom is -0.392 e. The van der Waals surface area contributed by atoms with E-state index in [1.54, 1.807) is 0 Å². The highest BCUT2D eigenvalue weighted by atomic mass is 16.3. The summed E-state index contributed by atoms with van der Waals surface area (Å²) in [6.45, 7) is 8.46. The molecule has 0 aliphatic rings. The highest BCUT2D eigenvalue weighted by Crippen LogP contribution is 2.30. The first-order valence-corrected chi connectivity index (χ1v) is 18.4. The van der Waals surface area contributed by atoms with E-state index in [1.165, 1.54) is 44.5 Å². The molecule has 0 bridgehead atoms. The fourth-order valence-corrected chi connectivity index (χ4v) is 7.23. The topological polar surface area (TPSA) is 144 Å². The fourth-order valence-electron chi connectivity index (χ4n) is 7.23. The smallest absolute Gasteiger partial charge is 0.150 e. The van der Waals surface area contributed by atoms with Crippen LogP contribution >= 0.6 is 0 Å². The van der Waals surface area contributed by atoms with Gasteiger partial charge in [-0.15, -0.1) is 0 Å². The number of aliphatic hydroxyl groups excluding tert-OH is 2. The number of rotatable bonds is 8. The van der Waals surface area contributed by atoms with Crippen molar-refractivity contribution in [3.63, 3.8) is 0 Å². The number of aryl methyl sites for hydroxylation is 8. The zero-order chi connectivity index (χ0) is 37.9. The standard InChI is InChI=1S/2C23H23N3O/c2*1-14-3-8-19-20-11-16(12-25-22(20)23(24)26-21(19)9-14)4-6-18-7-5-17(13-27)10-15(18)2/h2*3,5,7-12,27H,4,6,13H2,1-2H3,(H2,24,26). The number of pyridine rings is 4. The van der Waals surface area contributed by atoms with Crippen molar-refractivity contribution in [2.75, 3.05) is 11.5 Å². The van der Waals surface area contributed by atoms with Crippen LogP contribution in [0.25, 0.3) is 43.6 Å². The molecule has 0 fully saturated rings. The van der Waals surface area contributed by atoms with Crippen molar-refractivity contribution in [2.24, 2.45) is 0 Å². The largest absolute Gasteiger partial charge is 0.392 e. The van der Waals surface area contributed by atoms with Crippen molar-refractivity contribution in [3.8, 4) is 0 Å². The molecule has 0 amide bonds. The summed E-state index contributed by atoms with van der Waals surface area (Å²) in [6, 6.07) is 29.2. The van der Waals surface area contributed by atoms with E-state index in [0.29, 0.717) is 11.6 Å². The van der Waals surface area contributed by atoms with Gasteiger partial charge in [0.15, 0.2) is 11.6 Å². The molecule has 0 spiro atoms. The zero-order valence-corrected chi connectivity index (χ0v) is 31.3. The molecule has 0 aliphatic carbocycles. The lowest BCUT2D eigenvalue weighted by molar-refractivity contribution is 0.281. The maximum absolute atomic E-state index is 9.26. The maximum atomic E-state index is 9.26. The van der Waals surface area contributed by atoms with Crippen molar-refractivity contribution < 1.29 is 10.2 Å². The first-order chi connectivity index (χ1) is 26.1. The SMILES string of the molecule is Cc1ccc2c(c1)nc(N)c1ncc(CCc3ccc(CO)cc3C)cc12.Cc1ccc2c(c1)nc(N)c1ncc(CCc3ccc(CO)cc3C)cc12. The second-order valence-corrected chi connectivity index (χ2v) is 14.4. The number of fused-ring (bicyclic) bond motifs is 6. The Morgan fingerprint density at radius 3 is 1.28 bits per heavy atom. The summed E-state index contributed by atoms with van der Waals surface area (Å²) in [4.78, 5) is 18.2. The summed E-state index contributed by atoms with van der Waals surface area (Å²) in [6.07, 6.45) is 7.47. The Balaban J connectivity index is 0.000000167. The number of aliphatic hydroxyl groups is 2. The van der Waals surface area contributed by atoms with Crippen molar-refractivity contribution in [1.29, 1.82) is 0 Å². The Labute approximate surface area is 315 Å². The second-order valence-electron chi connectivity index (χ2n) is 14.4. The monoisotopic (exact) mass is 714 g/mol. The van der Waals surface area contributed by atoms with Gasteiger partial charge in [0.05, 0.1) is 24.2 Å². The van der Waals surface area contributed by atoms with Gasteiger partial charge in [0.1, 0.15) is 11.0 Å². The fraction of sp³-hybridized carbons (Fsp3) is 0.217. The molecule has 0 unspecified atom stereocenters. The summed E-state index contributed by atoms with van der Waals surface area (Å²) in [5.41, 5.74) is 27.2. The van der Waals surface area contributed by atoms with Gasteiger partial charge in [-0.25, -0.2) is 9.97 Å². The van der Waals surface area contributed by atoms with E-state index in [9.17, 15) is 10.2 Å². The van der Waals surface area contributed by atoms with Gasteiger partial charge in [-0.2, -0.15) is 0 Å². The summed E-state index contributed by atoms with van der Waals surface area (Å²) in [5.74, 6) is 0.954. The van der Waals surface area contributed by atoms with E-state index in [4.69, 9.17) is 11.5 Å². The summed E-state index contributed by atoms with van der Waals surface area (Å²) in [5, 5.41) is 22.8. The number of aromatic nitrogens is 4. The van der Waals surface area contributed by atoms with Crippen LogP contribution in [-0.4, -0.2) is 30.1 Å². The predicted molar refractivity (Wildman–Crippen MR) is 221 cm³/mol. The number of hydrogen-bond acceptors (Lipinski definition) is 8. The Bertz CT molecular complexity index is 2490. The highest BCUT2D eigenvalue weighted by molar-refractivity contribution is 6.09. The van der Waals surface area contributed by atoms with Crippen LogP contribution in [0, 0.1) is 27.7 Å². The molecule has 0 saturated carbocycles. The summed E-state index contributed by atoms with van der Waals surface area (Å²) in [7, 11) is 0. The van der Waals surface area contributed by atoms with E-state index in [0.717, 1.165) is 80.4 Å². The molecule has 6 N–H and O–H groups in total. The molecule has 8 nitrogen and oxygen atoms in total. The number of nitrogen functional groups attached to an aromatic ring is 2. The van der Waals surface area contributed by atoms with E-state index in [-0.39, 0.29) is 13.2 Å². The predicted octanol–water partition coefficient (Wildman–Crippen LogP) is 8.52. The minimum absolute atomic E-state index is 0.0811. The molecule has 54 heavy (non-hydrogen) atoms. The number of benzene rings is 4. The lowest BCUT2D eigenvalue weighted by Gasteiger charge is -2.10. The lowest BCUT2D eigenvalue weighted by atomic mass is 9.98. The van der Waals surface area contributed by atoms with Crippen molar-refractivity contribution in [2.45, 2.75) is 66.6 Å². The summed E-state index contributed by atoms with van der Waals surface area (Å²) >= 11 is 0. The molecule has 8 aromatic rings. The van der Waals surface area contributed by atoms with E-state index < -0.39 is 0 Å². The van der Waals surface area contributed by atoms with E-state index in [2.05, 4.69) is 120 Å². The molecule has 4 aromatic heterocycles. The van der Waals surface area contributed by atoms with E-state index >= 15 is 0 Å². The molecule has 0 saturated heterocycles. The third-order valence-corrected chi connectivity index (χ3v) is 10.3.